The molecule has 0 heterocycles. The van der Waals surface area contributed by atoms with Crippen LogP contribution in [0.15, 0.2) is 0 Å². The standard InChI is InChI=1S/C36H72O3/c1-3-5-7-9-11-13-15-17-19-21-23-25-27-29-31-33-35-39-36(37)38-34-32-30-28-26-24-22-20-18-16-14-12-10-8-6-4-2/h3-35H2,1-2H3. The van der Waals surface area contributed by atoms with Gasteiger partial charge in [0.05, 0.1) is 13.2 Å². The zero-order valence-electron chi connectivity index (χ0n) is 27.1. The van der Waals surface area contributed by atoms with E-state index in [2.05, 4.69) is 13.8 Å². The van der Waals surface area contributed by atoms with E-state index in [1.807, 2.05) is 0 Å². The maximum atomic E-state index is 11.7. The van der Waals surface area contributed by atoms with Crippen molar-refractivity contribution in [3.63, 3.8) is 0 Å². The lowest BCUT2D eigenvalue weighted by atomic mass is 10.0. The first-order valence-corrected chi connectivity index (χ1v) is 18.1. The van der Waals surface area contributed by atoms with Gasteiger partial charge in [0, 0.05) is 0 Å². The van der Waals surface area contributed by atoms with Crippen molar-refractivity contribution in [2.45, 2.75) is 213 Å². The predicted octanol–water partition coefficient (Wildman–Crippen LogP) is 13.3. The number of ether oxygens (including phenoxy) is 2. The van der Waals surface area contributed by atoms with Crippen molar-refractivity contribution in [3.05, 3.63) is 0 Å². The van der Waals surface area contributed by atoms with Crippen LogP contribution in [0, 0.1) is 0 Å². The van der Waals surface area contributed by atoms with Crippen LogP contribution in [0.3, 0.4) is 0 Å². The molecular formula is C36H72O3. The van der Waals surface area contributed by atoms with Gasteiger partial charge in [-0.25, -0.2) is 4.79 Å². The van der Waals surface area contributed by atoms with Crippen molar-refractivity contribution in [2.75, 3.05) is 13.2 Å². The molecule has 0 fully saturated rings. The molecule has 0 aromatic rings. The highest BCUT2D eigenvalue weighted by atomic mass is 16.7. The fourth-order valence-electron chi connectivity index (χ4n) is 5.48. The Bertz CT molecular complexity index is 451. The molecule has 0 aliphatic heterocycles. The van der Waals surface area contributed by atoms with Crippen molar-refractivity contribution >= 4 is 6.16 Å². The van der Waals surface area contributed by atoms with Crippen molar-refractivity contribution in [2.24, 2.45) is 0 Å². The van der Waals surface area contributed by atoms with Gasteiger partial charge in [-0.15, -0.1) is 0 Å². The Morgan fingerprint density at radius 3 is 0.692 bits per heavy atom. The Balaban J connectivity index is 3.14. The van der Waals surface area contributed by atoms with Crippen LogP contribution in [-0.4, -0.2) is 19.4 Å². The molecule has 0 aliphatic rings. The molecule has 0 saturated carbocycles. The second-order valence-corrected chi connectivity index (χ2v) is 12.2. The third-order valence-corrected chi connectivity index (χ3v) is 8.19. The van der Waals surface area contributed by atoms with E-state index in [4.69, 9.17) is 9.47 Å². The molecule has 0 spiro atoms. The summed E-state index contributed by atoms with van der Waals surface area (Å²) >= 11 is 0. The predicted molar refractivity (Wildman–Crippen MR) is 172 cm³/mol. The fourth-order valence-corrected chi connectivity index (χ4v) is 5.48. The third kappa shape index (κ3) is 35.2. The Morgan fingerprint density at radius 2 is 0.487 bits per heavy atom. The molecule has 0 aromatic carbocycles. The molecule has 39 heavy (non-hydrogen) atoms. The lowest BCUT2D eigenvalue weighted by Gasteiger charge is -2.07. The molecule has 0 amide bonds. The van der Waals surface area contributed by atoms with Crippen molar-refractivity contribution < 1.29 is 14.3 Å². The van der Waals surface area contributed by atoms with Gasteiger partial charge in [-0.05, 0) is 12.8 Å². The highest BCUT2D eigenvalue weighted by molar-refractivity contribution is 5.59. The van der Waals surface area contributed by atoms with Crippen molar-refractivity contribution in [1.29, 1.82) is 0 Å². The maximum absolute atomic E-state index is 11.7. The molecule has 0 rings (SSSR count). The zero-order valence-corrected chi connectivity index (χ0v) is 27.1. The van der Waals surface area contributed by atoms with Gasteiger partial charge in [0.2, 0.25) is 0 Å². The van der Waals surface area contributed by atoms with Gasteiger partial charge in [0.15, 0.2) is 0 Å². The summed E-state index contributed by atoms with van der Waals surface area (Å²) in [6.45, 7) is 5.59. The van der Waals surface area contributed by atoms with Crippen LogP contribution in [0.4, 0.5) is 4.79 Å². The summed E-state index contributed by atoms with van der Waals surface area (Å²) in [5, 5.41) is 0. The summed E-state index contributed by atoms with van der Waals surface area (Å²) in [6, 6.07) is 0. The highest BCUT2D eigenvalue weighted by Crippen LogP contribution is 2.15. The number of rotatable bonds is 33. The van der Waals surface area contributed by atoms with E-state index < -0.39 is 6.16 Å². The van der Waals surface area contributed by atoms with Crippen LogP contribution in [0.2, 0.25) is 0 Å². The average Bonchev–Trinajstić information content (AvgIpc) is 2.94. The average molecular weight is 553 g/mol. The van der Waals surface area contributed by atoms with Gasteiger partial charge in [-0.1, -0.05) is 200 Å². The van der Waals surface area contributed by atoms with E-state index in [0.717, 1.165) is 25.7 Å². The van der Waals surface area contributed by atoms with Crippen LogP contribution in [0.5, 0.6) is 0 Å². The van der Waals surface area contributed by atoms with Gasteiger partial charge in [-0.3, -0.25) is 0 Å². The number of carbonyl (C=O) groups excluding carboxylic acids is 1. The summed E-state index contributed by atoms with van der Waals surface area (Å²) in [6.07, 6.45) is 41.4. The number of hydrogen-bond acceptors (Lipinski definition) is 3. The zero-order chi connectivity index (χ0) is 28.3. The van der Waals surface area contributed by atoms with E-state index in [1.165, 1.54) is 173 Å². The number of carbonyl (C=O) groups is 1. The fraction of sp³-hybridized carbons (Fsp3) is 0.972. The van der Waals surface area contributed by atoms with Gasteiger partial charge < -0.3 is 9.47 Å². The lowest BCUT2D eigenvalue weighted by Crippen LogP contribution is -2.09. The van der Waals surface area contributed by atoms with Crippen LogP contribution in [0.1, 0.15) is 213 Å². The van der Waals surface area contributed by atoms with Crippen LogP contribution in [0.25, 0.3) is 0 Å². The largest absolute Gasteiger partial charge is 0.508 e. The highest BCUT2D eigenvalue weighted by Gasteiger charge is 2.03. The summed E-state index contributed by atoms with van der Waals surface area (Å²) < 4.78 is 10.4. The first kappa shape index (κ1) is 38.3. The number of unbranched alkanes of at least 4 members (excludes halogenated alkanes) is 29. The smallest absolute Gasteiger partial charge is 0.434 e. The van der Waals surface area contributed by atoms with Gasteiger partial charge >= 0.3 is 6.16 Å². The normalized spacial score (nSPS) is 11.2. The van der Waals surface area contributed by atoms with E-state index >= 15 is 0 Å². The van der Waals surface area contributed by atoms with Crippen molar-refractivity contribution in [1.82, 2.24) is 0 Å². The minimum absolute atomic E-state index is 0.471. The Kier molecular flexibility index (Phi) is 34.6. The summed E-state index contributed by atoms with van der Waals surface area (Å²) in [5.74, 6) is 0. The molecule has 0 aromatic heterocycles. The maximum Gasteiger partial charge on any atom is 0.508 e. The van der Waals surface area contributed by atoms with Gasteiger partial charge in [-0.2, -0.15) is 0 Å². The topological polar surface area (TPSA) is 35.5 Å². The van der Waals surface area contributed by atoms with Crippen molar-refractivity contribution in [3.8, 4) is 0 Å². The summed E-state index contributed by atoms with van der Waals surface area (Å²) in [4.78, 5) is 11.7. The molecule has 0 saturated heterocycles. The van der Waals surface area contributed by atoms with Crippen LogP contribution in [-0.2, 0) is 9.47 Å². The number of hydrogen-bond donors (Lipinski definition) is 0. The molecule has 0 aliphatic carbocycles. The molecule has 3 nitrogen and oxygen atoms in total. The Labute approximate surface area is 246 Å². The second-order valence-electron chi connectivity index (χ2n) is 12.2. The first-order chi connectivity index (χ1) is 19.3. The van der Waals surface area contributed by atoms with Gasteiger partial charge in [0.1, 0.15) is 0 Å². The van der Waals surface area contributed by atoms with E-state index in [0.29, 0.717) is 13.2 Å². The Hall–Kier alpha value is -0.730. The first-order valence-electron chi connectivity index (χ1n) is 18.1. The van der Waals surface area contributed by atoms with E-state index in [-0.39, 0.29) is 0 Å². The molecule has 0 radical (unpaired) electrons. The molecule has 0 unspecified atom stereocenters. The Morgan fingerprint density at radius 1 is 0.308 bits per heavy atom. The third-order valence-electron chi connectivity index (χ3n) is 8.19. The molecule has 0 atom stereocenters. The molecular weight excluding hydrogens is 480 g/mol. The molecule has 3 heteroatoms. The molecule has 0 N–H and O–H groups in total. The lowest BCUT2D eigenvalue weighted by molar-refractivity contribution is 0.0529. The van der Waals surface area contributed by atoms with E-state index in [9.17, 15) is 4.79 Å². The van der Waals surface area contributed by atoms with E-state index in [1.54, 1.807) is 0 Å². The van der Waals surface area contributed by atoms with Gasteiger partial charge in [0.25, 0.3) is 0 Å². The quantitative estimate of drug-likeness (QED) is 0.0600. The minimum Gasteiger partial charge on any atom is -0.434 e. The molecule has 234 valence electrons. The SMILES string of the molecule is CCCCCCCCCCCCCCCCCCOC(=O)OCCCCCCCCCCCCCCCCC. The molecule has 0 bridgehead atoms. The summed E-state index contributed by atoms with van der Waals surface area (Å²) in [5.41, 5.74) is 0. The van der Waals surface area contributed by atoms with Crippen LogP contribution < -0.4 is 0 Å². The minimum atomic E-state index is -0.471. The summed E-state index contributed by atoms with van der Waals surface area (Å²) in [7, 11) is 0. The van der Waals surface area contributed by atoms with Crippen LogP contribution >= 0.6 is 0 Å². The monoisotopic (exact) mass is 553 g/mol. The second kappa shape index (κ2) is 35.3.